The second-order valence-corrected chi connectivity index (χ2v) is 4.68. The van der Waals surface area contributed by atoms with E-state index < -0.39 is 0 Å². The number of nitrogens with zero attached hydrogens (tertiary/aromatic N) is 1. The van der Waals surface area contributed by atoms with Crippen molar-refractivity contribution in [1.82, 2.24) is 5.32 Å². The van der Waals surface area contributed by atoms with E-state index in [-0.39, 0.29) is 12.1 Å². The van der Waals surface area contributed by atoms with Crippen LogP contribution in [-0.4, -0.2) is 32.4 Å². The van der Waals surface area contributed by atoms with Crippen LogP contribution in [0.5, 0.6) is 0 Å². The molecule has 0 aliphatic carbocycles. The largest absolute Gasteiger partial charge is 0.379 e. The fourth-order valence-electron chi connectivity index (χ4n) is 1.96. The number of methoxy groups -OCH3 is 1. The van der Waals surface area contributed by atoms with Gasteiger partial charge in [-0.1, -0.05) is 37.3 Å². The van der Waals surface area contributed by atoms with Crippen LogP contribution in [0.4, 0.5) is 0 Å². The number of benzene rings is 1. The molecule has 110 valence electrons. The zero-order chi connectivity index (χ0) is 14.6. The maximum Gasteiger partial charge on any atom is 0.0953 e. The minimum Gasteiger partial charge on any atom is -0.379 e. The molecule has 0 saturated carbocycles. The van der Waals surface area contributed by atoms with Crippen molar-refractivity contribution < 1.29 is 9.47 Å². The summed E-state index contributed by atoms with van der Waals surface area (Å²) in [5.41, 5.74) is 1.16. The summed E-state index contributed by atoms with van der Waals surface area (Å²) in [4.78, 5) is 0. The Morgan fingerprint density at radius 2 is 2.00 bits per heavy atom. The summed E-state index contributed by atoms with van der Waals surface area (Å²) in [6, 6.07) is 12.2. The van der Waals surface area contributed by atoms with Crippen LogP contribution < -0.4 is 5.32 Å². The molecule has 0 spiro atoms. The Bertz CT molecular complexity index is 389. The van der Waals surface area contributed by atoms with Crippen molar-refractivity contribution in [1.29, 1.82) is 5.26 Å². The fourth-order valence-corrected chi connectivity index (χ4v) is 1.96. The zero-order valence-electron chi connectivity index (χ0n) is 12.3. The summed E-state index contributed by atoms with van der Waals surface area (Å²) in [7, 11) is 1.69. The van der Waals surface area contributed by atoms with Gasteiger partial charge in [-0.25, -0.2) is 0 Å². The summed E-state index contributed by atoms with van der Waals surface area (Å²) < 4.78 is 11.1. The molecule has 1 aromatic carbocycles. The third-order valence-electron chi connectivity index (χ3n) is 3.13. The number of nitriles is 1. The quantitative estimate of drug-likeness (QED) is 0.713. The molecule has 0 saturated heterocycles. The van der Waals surface area contributed by atoms with E-state index in [4.69, 9.17) is 14.7 Å². The SMILES string of the molecule is CCNC(C#N)CCC(COCc1ccccc1)OC. The molecule has 0 fully saturated rings. The second kappa shape index (κ2) is 10.4. The monoisotopic (exact) mass is 276 g/mol. The first kappa shape index (κ1) is 16.6. The first-order valence-corrected chi connectivity index (χ1v) is 7.07. The predicted octanol–water partition coefficient (Wildman–Crippen LogP) is 2.50. The lowest BCUT2D eigenvalue weighted by Gasteiger charge is -2.17. The molecule has 20 heavy (non-hydrogen) atoms. The van der Waals surface area contributed by atoms with E-state index in [9.17, 15) is 0 Å². The number of rotatable bonds is 10. The number of ether oxygens (including phenoxy) is 2. The molecule has 0 radical (unpaired) electrons. The van der Waals surface area contributed by atoms with Gasteiger partial charge in [-0.3, -0.25) is 0 Å². The van der Waals surface area contributed by atoms with E-state index in [1.54, 1.807) is 7.11 Å². The normalized spacial score (nSPS) is 13.7. The lowest BCUT2D eigenvalue weighted by atomic mass is 10.1. The molecule has 4 nitrogen and oxygen atoms in total. The van der Waals surface area contributed by atoms with Crippen molar-refractivity contribution in [2.75, 3.05) is 20.3 Å². The fraction of sp³-hybridized carbons (Fsp3) is 0.562. The lowest BCUT2D eigenvalue weighted by molar-refractivity contribution is -0.00331. The standard InChI is InChI=1S/C16H24N2O2/c1-3-18-15(11-17)9-10-16(19-2)13-20-12-14-7-5-4-6-8-14/h4-8,15-16,18H,3,9-10,12-13H2,1-2H3. The zero-order valence-corrected chi connectivity index (χ0v) is 12.3. The average Bonchev–Trinajstić information content (AvgIpc) is 2.50. The molecule has 1 N–H and O–H groups in total. The van der Waals surface area contributed by atoms with Crippen LogP contribution in [-0.2, 0) is 16.1 Å². The first-order valence-electron chi connectivity index (χ1n) is 7.07. The molecule has 0 amide bonds. The van der Waals surface area contributed by atoms with Gasteiger partial charge >= 0.3 is 0 Å². The molecule has 4 heteroatoms. The van der Waals surface area contributed by atoms with Crippen LogP contribution in [0.3, 0.4) is 0 Å². The molecular formula is C16H24N2O2. The maximum atomic E-state index is 8.98. The van der Waals surface area contributed by atoms with Crippen molar-refractivity contribution in [2.24, 2.45) is 0 Å². The number of hydrogen-bond acceptors (Lipinski definition) is 4. The third-order valence-corrected chi connectivity index (χ3v) is 3.13. The van der Waals surface area contributed by atoms with Gasteiger partial charge in [-0.05, 0) is 24.9 Å². The molecule has 2 unspecified atom stereocenters. The van der Waals surface area contributed by atoms with E-state index in [1.807, 2.05) is 37.3 Å². The molecule has 0 heterocycles. The van der Waals surface area contributed by atoms with Gasteiger partial charge in [0.05, 0.1) is 31.4 Å². The molecule has 0 aromatic heterocycles. The minimum absolute atomic E-state index is 0.0354. The molecule has 1 aromatic rings. The van der Waals surface area contributed by atoms with Gasteiger partial charge in [-0.15, -0.1) is 0 Å². The molecule has 2 atom stereocenters. The molecular weight excluding hydrogens is 252 g/mol. The topological polar surface area (TPSA) is 54.3 Å². The van der Waals surface area contributed by atoms with Crippen molar-refractivity contribution >= 4 is 0 Å². The van der Waals surface area contributed by atoms with Gasteiger partial charge in [0, 0.05) is 7.11 Å². The van der Waals surface area contributed by atoms with E-state index in [0.29, 0.717) is 13.2 Å². The van der Waals surface area contributed by atoms with Crippen LogP contribution >= 0.6 is 0 Å². The third kappa shape index (κ3) is 6.67. The van der Waals surface area contributed by atoms with Crippen LogP contribution in [0.2, 0.25) is 0 Å². The molecule has 0 bridgehead atoms. The van der Waals surface area contributed by atoms with Gasteiger partial charge in [0.15, 0.2) is 0 Å². The highest BCUT2D eigenvalue weighted by Gasteiger charge is 2.12. The summed E-state index contributed by atoms with van der Waals surface area (Å²) >= 11 is 0. The predicted molar refractivity (Wildman–Crippen MR) is 79.2 cm³/mol. The van der Waals surface area contributed by atoms with Gasteiger partial charge in [0.2, 0.25) is 0 Å². The van der Waals surface area contributed by atoms with Crippen molar-refractivity contribution in [3.8, 4) is 6.07 Å². The van der Waals surface area contributed by atoms with Gasteiger partial charge in [0.1, 0.15) is 0 Å². The summed E-state index contributed by atoms with van der Waals surface area (Å²) in [5.74, 6) is 0. The Balaban J connectivity index is 2.24. The van der Waals surface area contributed by atoms with E-state index in [0.717, 1.165) is 24.9 Å². The number of nitrogens with one attached hydrogen (secondary N) is 1. The Hall–Kier alpha value is -1.41. The average molecular weight is 276 g/mol. The highest BCUT2D eigenvalue weighted by Crippen LogP contribution is 2.07. The van der Waals surface area contributed by atoms with Gasteiger partial charge < -0.3 is 14.8 Å². The highest BCUT2D eigenvalue weighted by molar-refractivity contribution is 5.13. The van der Waals surface area contributed by atoms with Gasteiger partial charge in [-0.2, -0.15) is 5.26 Å². The second-order valence-electron chi connectivity index (χ2n) is 4.68. The van der Waals surface area contributed by atoms with Crippen molar-refractivity contribution in [3.05, 3.63) is 35.9 Å². The van der Waals surface area contributed by atoms with Crippen molar-refractivity contribution in [3.63, 3.8) is 0 Å². The van der Waals surface area contributed by atoms with E-state index in [2.05, 4.69) is 11.4 Å². The Morgan fingerprint density at radius 1 is 1.25 bits per heavy atom. The van der Waals surface area contributed by atoms with Crippen LogP contribution in [0, 0.1) is 11.3 Å². The highest BCUT2D eigenvalue weighted by atomic mass is 16.5. The van der Waals surface area contributed by atoms with Crippen LogP contribution in [0.25, 0.3) is 0 Å². The summed E-state index contributed by atoms with van der Waals surface area (Å²) in [6.45, 7) is 3.95. The Morgan fingerprint density at radius 3 is 2.60 bits per heavy atom. The van der Waals surface area contributed by atoms with Crippen LogP contribution in [0.15, 0.2) is 30.3 Å². The smallest absolute Gasteiger partial charge is 0.0953 e. The first-order chi connectivity index (χ1) is 9.80. The maximum absolute atomic E-state index is 8.98. The molecule has 0 aliphatic rings. The lowest BCUT2D eigenvalue weighted by Crippen LogP contribution is -2.29. The summed E-state index contributed by atoms with van der Waals surface area (Å²) in [6.07, 6.45) is 1.63. The van der Waals surface area contributed by atoms with Gasteiger partial charge in [0.25, 0.3) is 0 Å². The molecule has 1 rings (SSSR count). The van der Waals surface area contributed by atoms with Crippen molar-refractivity contribution in [2.45, 2.75) is 38.5 Å². The Labute approximate surface area is 121 Å². The Kier molecular flexibility index (Phi) is 8.64. The number of hydrogen-bond donors (Lipinski definition) is 1. The molecule has 0 aliphatic heterocycles. The summed E-state index contributed by atoms with van der Waals surface area (Å²) in [5, 5.41) is 12.1. The van der Waals surface area contributed by atoms with Crippen LogP contribution in [0.1, 0.15) is 25.3 Å². The van der Waals surface area contributed by atoms with E-state index >= 15 is 0 Å². The minimum atomic E-state index is -0.105. The van der Waals surface area contributed by atoms with E-state index in [1.165, 1.54) is 0 Å².